The summed E-state index contributed by atoms with van der Waals surface area (Å²) in [6, 6.07) is 0. The number of carbonyl (C=O) groups is 1. The molecule has 0 aromatic rings. The molecular formula is C5H9NO3. The Morgan fingerprint density at radius 3 is 3.00 bits per heavy atom. The molecule has 0 saturated heterocycles. The second-order valence-electron chi connectivity index (χ2n) is 1.31. The SMILES string of the molecule is CCOC(=O)C/C=N/O. The maximum Gasteiger partial charge on any atom is 0.311 e. The average Bonchev–Trinajstić information content (AvgIpc) is 1.85. The van der Waals surface area contributed by atoms with E-state index in [0.717, 1.165) is 6.21 Å². The molecule has 0 rings (SSSR count). The number of hydrogen-bond donors (Lipinski definition) is 1. The molecule has 4 heteroatoms. The molecule has 0 aromatic heterocycles. The molecule has 0 radical (unpaired) electrons. The fourth-order valence-electron chi connectivity index (χ4n) is 0.335. The van der Waals surface area contributed by atoms with E-state index in [4.69, 9.17) is 5.21 Å². The molecule has 0 heterocycles. The molecule has 4 nitrogen and oxygen atoms in total. The lowest BCUT2D eigenvalue weighted by atomic mass is 10.5. The average molecular weight is 131 g/mol. The van der Waals surface area contributed by atoms with Crippen LogP contribution in [0.2, 0.25) is 0 Å². The van der Waals surface area contributed by atoms with Crippen molar-refractivity contribution in [1.82, 2.24) is 0 Å². The van der Waals surface area contributed by atoms with Gasteiger partial charge in [0, 0.05) is 0 Å². The number of oxime groups is 1. The standard InChI is InChI=1S/C5H9NO3/c1-2-9-5(7)3-4-6-8/h4,8H,2-3H2,1H3/b6-4+. The minimum atomic E-state index is -0.379. The smallest absolute Gasteiger partial charge is 0.311 e. The van der Waals surface area contributed by atoms with E-state index >= 15 is 0 Å². The van der Waals surface area contributed by atoms with Gasteiger partial charge in [0.05, 0.1) is 19.2 Å². The first-order valence-electron chi connectivity index (χ1n) is 2.62. The van der Waals surface area contributed by atoms with Gasteiger partial charge in [-0.3, -0.25) is 4.79 Å². The van der Waals surface area contributed by atoms with E-state index < -0.39 is 0 Å². The number of esters is 1. The minimum Gasteiger partial charge on any atom is -0.466 e. The van der Waals surface area contributed by atoms with Gasteiger partial charge in [0.1, 0.15) is 0 Å². The Balaban J connectivity index is 3.27. The van der Waals surface area contributed by atoms with E-state index in [1.54, 1.807) is 6.92 Å². The van der Waals surface area contributed by atoms with Crippen LogP contribution >= 0.6 is 0 Å². The Morgan fingerprint density at radius 2 is 2.56 bits per heavy atom. The number of ether oxygens (including phenoxy) is 1. The molecule has 0 aliphatic heterocycles. The zero-order valence-electron chi connectivity index (χ0n) is 5.20. The van der Waals surface area contributed by atoms with Crippen molar-refractivity contribution in [2.24, 2.45) is 5.16 Å². The van der Waals surface area contributed by atoms with Crippen molar-refractivity contribution in [3.05, 3.63) is 0 Å². The van der Waals surface area contributed by atoms with E-state index in [0.29, 0.717) is 6.61 Å². The third-order valence-electron chi connectivity index (χ3n) is 0.645. The lowest BCUT2D eigenvalue weighted by molar-refractivity contribution is -0.141. The van der Waals surface area contributed by atoms with Gasteiger partial charge in [0.25, 0.3) is 0 Å². The molecule has 0 aliphatic rings. The Bertz CT molecular complexity index is 111. The Hall–Kier alpha value is -1.06. The molecule has 0 amide bonds. The van der Waals surface area contributed by atoms with Crippen molar-refractivity contribution >= 4 is 12.2 Å². The zero-order chi connectivity index (χ0) is 7.11. The maximum atomic E-state index is 10.4. The second-order valence-corrected chi connectivity index (χ2v) is 1.31. The largest absolute Gasteiger partial charge is 0.466 e. The lowest BCUT2D eigenvalue weighted by Gasteiger charge is -1.94. The molecule has 0 aromatic carbocycles. The van der Waals surface area contributed by atoms with Gasteiger partial charge in [-0.25, -0.2) is 0 Å². The summed E-state index contributed by atoms with van der Waals surface area (Å²) in [4.78, 5) is 10.4. The first-order chi connectivity index (χ1) is 4.31. The van der Waals surface area contributed by atoms with Gasteiger partial charge in [-0.15, -0.1) is 5.16 Å². The summed E-state index contributed by atoms with van der Waals surface area (Å²) in [5.74, 6) is -0.379. The quantitative estimate of drug-likeness (QED) is 0.261. The van der Waals surface area contributed by atoms with Crippen LogP contribution in [-0.4, -0.2) is 24.0 Å². The van der Waals surface area contributed by atoms with Crippen LogP contribution in [-0.2, 0) is 9.53 Å². The normalized spacial score (nSPS) is 9.89. The third-order valence-corrected chi connectivity index (χ3v) is 0.645. The van der Waals surface area contributed by atoms with Crippen LogP contribution in [0.15, 0.2) is 5.16 Å². The predicted octanol–water partition coefficient (Wildman–Crippen LogP) is 0.400. The van der Waals surface area contributed by atoms with E-state index in [2.05, 4.69) is 9.89 Å². The van der Waals surface area contributed by atoms with Gasteiger partial charge in [-0.1, -0.05) is 0 Å². The van der Waals surface area contributed by atoms with Gasteiger partial charge < -0.3 is 9.94 Å². The summed E-state index contributed by atoms with van der Waals surface area (Å²) in [6.07, 6.45) is 1.11. The molecule has 0 saturated carbocycles. The highest BCUT2D eigenvalue weighted by atomic mass is 16.5. The Labute approximate surface area is 53.1 Å². The van der Waals surface area contributed by atoms with Crippen LogP contribution in [0.3, 0.4) is 0 Å². The van der Waals surface area contributed by atoms with Crippen LogP contribution < -0.4 is 0 Å². The predicted molar refractivity (Wildman–Crippen MR) is 31.5 cm³/mol. The van der Waals surface area contributed by atoms with Crippen LogP contribution in [0, 0.1) is 0 Å². The Kier molecular flexibility index (Phi) is 4.49. The van der Waals surface area contributed by atoms with Crippen LogP contribution in [0.1, 0.15) is 13.3 Å². The fourth-order valence-corrected chi connectivity index (χ4v) is 0.335. The number of nitrogens with zero attached hydrogens (tertiary/aromatic N) is 1. The molecule has 0 unspecified atom stereocenters. The summed E-state index contributed by atoms with van der Waals surface area (Å²) in [6.45, 7) is 2.08. The monoisotopic (exact) mass is 131 g/mol. The van der Waals surface area contributed by atoms with Crippen LogP contribution in [0.25, 0.3) is 0 Å². The van der Waals surface area contributed by atoms with Gasteiger partial charge in [-0.05, 0) is 6.92 Å². The molecule has 0 bridgehead atoms. The summed E-state index contributed by atoms with van der Waals surface area (Å²) < 4.78 is 4.50. The molecule has 0 aliphatic carbocycles. The highest BCUT2D eigenvalue weighted by Crippen LogP contribution is 1.80. The number of rotatable bonds is 3. The number of hydrogen-bond acceptors (Lipinski definition) is 4. The van der Waals surface area contributed by atoms with E-state index in [1.807, 2.05) is 0 Å². The molecule has 0 atom stereocenters. The van der Waals surface area contributed by atoms with Crippen molar-refractivity contribution in [2.45, 2.75) is 13.3 Å². The topological polar surface area (TPSA) is 58.9 Å². The fraction of sp³-hybridized carbons (Fsp3) is 0.600. The summed E-state index contributed by atoms with van der Waals surface area (Å²) in [5.41, 5.74) is 0. The van der Waals surface area contributed by atoms with Crippen molar-refractivity contribution in [3.63, 3.8) is 0 Å². The number of carbonyl (C=O) groups excluding carboxylic acids is 1. The molecule has 0 fully saturated rings. The van der Waals surface area contributed by atoms with E-state index in [1.165, 1.54) is 0 Å². The highest BCUT2D eigenvalue weighted by Gasteiger charge is 1.95. The first-order valence-corrected chi connectivity index (χ1v) is 2.62. The van der Waals surface area contributed by atoms with E-state index in [9.17, 15) is 4.79 Å². The van der Waals surface area contributed by atoms with Crippen molar-refractivity contribution in [3.8, 4) is 0 Å². The summed E-state index contributed by atoms with van der Waals surface area (Å²) in [7, 11) is 0. The summed E-state index contributed by atoms with van der Waals surface area (Å²) in [5, 5.41) is 10.5. The molecule has 0 spiro atoms. The van der Waals surface area contributed by atoms with Crippen molar-refractivity contribution < 1.29 is 14.7 Å². The maximum absolute atomic E-state index is 10.4. The third kappa shape index (κ3) is 4.80. The molecule has 1 N–H and O–H groups in total. The molecular weight excluding hydrogens is 122 g/mol. The van der Waals surface area contributed by atoms with Crippen molar-refractivity contribution in [1.29, 1.82) is 0 Å². The minimum absolute atomic E-state index is 0.0321. The van der Waals surface area contributed by atoms with Crippen LogP contribution in [0.4, 0.5) is 0 Å². The molecule has 52 valence electrons. The molecule has 9 heavy (non-hydrogen) atoms. The van der Waals surface area contributed by atoms with Gasteiger partial charge in [0.15, 0.2) is 0 Å². The summed E-state index contributed by atoms with van der Waals surface area (Å²) >= 11 is 0. The van der Waals surface area contributed by atoms with Gasteiger partial charge >= 0.3 is 5.97 Å². The second kappa shape index (κ2) is 5.08. The van der Waals surface area contributed by atoms with Gasteiger partial charge in [0.2, 0.25) is 0 Å². The first kappa shape index (κ1) is 7.94. The highest BCUT2D eigenvalue weighted by molar-refractivity contribution is 5.85. The Morgan fingerprint density at radius 1 is 1.89 bits per heavy atom. The van der Waals surface area contributed by atoms with Crippen molar-refractivity contribution in [2.75, 3.05) is 6.61 Å². The van der Waals surface area contributed by atoms with Gasteiger partial charge in [-0.2, -0.15) is 0 Å². The van der Waals surface area contributed by atoms with E-state index in [-0.39, 0.29) is 12.4 Å². The van der Waals surface area contributed by atoms with Crippen LogP contribution in [0.5, 0.6) is 0 Å². The zero-order valence-corrected chi connectivity index (χ0v) is 5.20. The lowest BCUT2D eigenvalue weighted by Crippen LogP contribution is -2.03.